The molecule has 5 heteroatoms. The van der Waals surface area contributed by atoms with Crippen LogP contribution in [0.5, 0.6) is 0 Å². The molecule has 0 fully saturated rings. The van der Waals surface area contributed by atoms with Crippen molar-refractivity contribution in [1.82, 2.24) is 0 Å². The number of para-hydroxylation sites is 1. The van der Waals surface area contributed by atoms with Gasteiger partial charge in [-0.25, -0.2) is 0 Å². The summed E-state index contributed by atoms with van der Waals surface area (Å²) in [7, 11) is 1.55. The van der Waals surface area contributed by atoms with E-state index in [1.165, 1.54) is 4.90 Å². The van der Waals surface area contributed by atoms with Crippen molar-refractivity contribution in [2.75, 3.05) is 11.9 Å². The molecular formula is C17H19NO4. The van der Waals surface area contributed by atoms with Crippen LogP contribution >= 0.6 is 0 Å². The van der Waals surface area contributed by atoms with Gasteiger partial charge in [0, 0.05) is 25.5 Å². The SMILES string of the molecule is CN1C(=O)C(O)(C2=C(O)CC(C)(C)CC2=O)c2ccccc21. The van der Waals surface area contributed by atoms with E-state index < -0.39 is 11.5 Å². The first-order chi connectivity index (χ1) is 10.2. The molecule has 22 heavy (non-hydrogen) atoms. The average molecular weight is 301 g/mol. The van der Waals surface area contributed by atoms with Gasteiger partial charge in [-0.05, 0) is 11.5 Å². The summed E-state index contributed by atoms with van der Waals surface area (Å²) in [6.45, 7) is 3.75. The van der Waals surface area contributed by atoms with E-state index in [-0.39, 0.29) is 35.4 Å². The van der Waals surface area contributed by atoms with Crippen LogP contribution in [0.15, 0.2) is 35.6 Å². The first-order valence-electron chi connectivity index (χ1n) is 7.24. The second-order valence-corrected chi connectivity index (χ2v) is 6.85. The Morgan fingerprint density at radius 2 is 1.77 bits per heavy atom. The number of aliphatic hydroxyl groups is 2. The Labute approximate surface area is 128 Å². The maximum absolute atomic E-state index is 12.6. The lowest BCUT2D eigenvalue weighted by atomic mass is 9.71. The van der Waals surface area contributed by atoms with Crippen molar-refractivity contribution in [2.45, 2.75) is 32.3 Å². The van der Waals surface area contributed by atoms with Gasteiger partial charge in [0.15, 0.2) is 5.78 Å². The third-order valence-electron chi connectivity index (χ3n) is 4.48. The fourth-order valence-electron chi connectivity index (χ4n) is 3.48. The Balaban J connectivity index is 2.23. The van der Waals surface area contributed by atoms with Gasteiger partial charge in [0.05, 0.1) is 11.3 Å². The minimum Gasteiger partial charge on any atom is -0.512 e. The number of carbonyl (C=O) groups is 2. The number of rotatable bonds is 1. The normalized spacial score (nSPS) is 27.4. The average Bonchev–Trinajstić information content (AvgIpc) is 2.60. The van der Waals surface area contributed by atoms with Gasteiger partial charge in [0.2, 0.25) is 5.60 Å². The molecule has 2 aliphatic rings. The van der Waals surface area contributed by atoms with Gasteiger partial charge in [-0.3, -0.25) is 9.59 Å². The lowest BCUT2D eigenvalue weighted by Crippen LogP contribution is -2.45. The lowest BCUT2D eigenvalue weighted by Gasteiger charge is -2.34. The number of anilines is 1. The maximum atomic E-state index is 12.6. The number of amides is 1. The molecule has 1 heterocycles. The standard InChI is InChI=1S/C17H19NO4/c1-16(2)8-12(19)14(13(20)9-16)17(22)10-6-4-5-7-11(10)18(3)15(17)21/h4-7,19,22H,8-9H2,1-3H3. The van der Waals surface area contributed by atoms with E-state index in [2.05, 4.69) is 0 Å². The molecule has 0 saturated carbocycles. The minimum atomic E-state index is -2.09. The van der Waals surface area contributed by atoms with Crippen LogP contribution < -0.4 is 4.90 Å². The molecule has 0 aromatic heterocycles. The fourth-order valence-corrected chi connectivity index (χ4v) is 3.48. The van der Waals surface area contributed by atoms with Crippen LogP contribution in [-0.2, 0) is 15.2 Å². The van der Waals surface area contributed by atoms with Crippen LogP contribution in [0.4, 0.5) is 5.69 Å². The highest BCUT2D eigenvalue weighted by molar-refractivity contribution is 6.15. The molecule has 0 radical (unpaired) electrons. The van der Waals surface area contributed by atoms with E-state index in [0.717, 1.165) is 0 Å². The molecule has 0 bridgehead atoms. The summed E-state index contributed by atoms with van der Waals surface area (Å²) in [6, 6.07) is 6.78. The van der Waals surface area contributed by atoms with E-state index in [4.69, 9.17) is 0 Å². The quantitative estimate of drug-likeness (QED) is 0.832. The molecule has 116 valence electrons. The zero-order valence-corrected chi connectivity index (χ0v) is 12.9. The van der Waals surface area contributed by atoms with Gasteiger partial charge in [-0.2, -0.15) is 0 Å². The molecule has 0 spiro atoms. The van der Waals surface area contributed by atoms with Crippen molar-refractivity contribution < 1.29 is 19.8 Å². The van der Waals surface area contributed by atoms with Gasteiger partial charge in [0.25, 0.3) is 5.91 Å². The molecule has 3 rings (SSSR count). The van der Waals surface area contributed by atoms with E-state index in [1.54, 1.807) is 31.3 Å². The Hall–Kier alpha value is -2.14. The highest BCUT2D eigenvalue weighted by Gasteiger charge is 2.56. The second kappa shape index (κ2) is 4.43. The first kappa shape index (κ1) is 14.8. The van der Waals surface area contributed by atoms with Gasteiger partial charge in [0.1, 0.15) is 5.76 Å². The van der Waals surface area contributed by atoms with Crippen LogP contribution in [0.3, 0.4) is 0 Å². The number of allylic oxidation sites excluding steroid dienone is 1. The van der Waals surface area contributed by atoms with E-state index in [0.29, 0.717) is 11.3 Å². The summed E-state index contributed by atoms with van der Waals surface area (Å²) in [5.41, 5.74) is -1.75. The first-order valence-corrected chi connectivity index (χ1v) is 7.24. The molecule has 1 aliphatic carbocycles. The minimum absolute atomic E-state index is 0.173. The number of benzene rings is 1. The fraction of sp³-hybridized carbons (Fsp3) is 0.412. The van der Waals surface area contributed by atoms with E-state index >= 15 is 0 Å². The summed E-state index contributed by atoms with van der Waals surface area (Å²) in [5, 5.41) is 21.4. The topological polar surface area (TPSA) is 77.8 Å². The highest BCUT2D eigenvalue weighted by atomic mass is 16.3. The van der Waals surface area contributed by atoms with Crippen molar-refractivity contribution in [3.63, 3.8) is 0 Å². The van der Waals surface area contributed by atoms with Crippen molar-refractivity contribution in [1.29, 1.82) is 0 Å². The Morgan fingerprint density at radius 3 is 2.41 bits per heavy atom. The second-order valence-electron chi connectivity index (χ2n) is 6.85. The van der Waals surface area contributed by atoms with Crippen LogP contribution in [0.2, 0.25) is 0 Å². The molecule has 1 aromatic rings. The van der Waals surface area contributed by atoms with Gasteiger partial charge < -0.3 is 15.1 Å². The van der Waals surface area contributed by atoms with Gasteiger partial charge in [-0.1, -0.05) is 32.0 Å². The molecular weight excluding hydrogens is 282 g/mol. The number of nitrogens with zero attached hydrogens (tertiary/aromatic N) is 1. The van der Waals surface area contributed by atoms with Crippen LogP contribution in [0, 0.1) is 5.41 Å². The van der Waals surface area contributed by atoms with Gasteiger partial charge >= 0.3 is 0 Å². The number of fused-ring (bicyclic) bond motifs is 1. The lowest BCUT2D eigenvalue weighted by molar-refractivity contribution is -0.136. The number of Topliss-reactive ketones (excluding diaryl/α,β-unsaturated/α-hetero) is 1. The summed E-state index contributed by atoms with van der Waals surface area (Å²) in [5.74, 6) is -1.18. The summed E-state index contributed by atoms with van der Waals surface area (Å²) >= 11 is 0. The molecule has 1 amide bonds. The smallest absolute Gasteiger partial charge is 0.268 e. The number of carbonyl (C=O) groups excluding carboxylic acids is 2. The zero-order chi connectivity index (χ0) is 16.3. The van der Waals surface area contributed by atoms with Crippen molar-refractivity contribution in [3.8, 4) is 0 Å². The van der Waals surface area contributed by atoms with Crippen LogP contribution in [-0.4, -0.2) is 29.0 Å². The van der Waals surface area contributed by atoms with Crippen molar-refractivity contribution in [3.05, 3.63) is 41.2 Å². The number of hydrogen-bond acceptors (Lipinski definition) is 4. The third-order valence-corrected chi connectivity index (χ3v) is 4.48. The van der Waals surface area contributed by atoms with E-state index in [9.17, 15) is 19.8 Å². The maximum Gasteiger partial charge on any atom is 0.268 e. The highest BCUT2D eigenvalue weighted by Crippen LogP contribution is 2.48. The molecule has 1 unspecified atom stereocenters. The molecule has 1 aromatic carbocycles. The predicted molar refractivity (Wildman–Crippen MR) is 81.4 cm³/mol. The number of likely N-dealkylation sites (N-methyl/N-ethyl adjacent to an activating group) is 1. The number of ketones is 1. The molecule has 1 atom stereocenters. The Bertz CT molecular complexity index is 719. The van der Waals surface area contributed by atoms with Crippen LogP contribution in [0.1, 0.15) is 32.3 Å². The predicted octanol–water partition coefficient (Wildman–Crippen LogP) is 2.05. The largest absolute Gasteiger partial charge is 0.512 e. The monoisotopic (exact) mass is 301 g/mol. The number of aliphatic hydroxyl groups excluding tert-OH is 1. The Morgan fingerprint density at radius 1 is 1.14 bits per heavy atom. The van der Waals surface area contributed by atoms with Gasteiger partial charge in [-0.15, -0.1) is 0 Å². The molecule has 1 aliphatic heterocycles. The van der Waals surface area contributed by atoms with E-state index in [1.807, 2.05) is 13.8 Å². The van der Waals surface area contributed by atoms with Crippen molar-refractivity contribution in [2.24, 2.45) is 5.41 Å². The molecule has 5 nitrogen and oxygen atoms in total. The van der Waals surface area contributed by atoms with Crippen LogP contribution in [0.25, 0.3) is 0 Å². The summed E-state index contributed by atoms with van der Waals surface area (Å²) in [6.07, 6.45) is 0.448. The van der Waals surface area contributed by atoms with Crippen molar-refractivity contribution >= 4 is 17.4 Å². The molecule has 0 saturated heterocycles. The molecule has 2 N–H and O–H groups in total. The summed E-state index contributed by atoms with van der Waals surface area (Å²) < 4.78 is 0. The third kappa shape index (κ3) is 1.82. The zero-order valence-electron chi connectivity index (χ0n) is 12.9. The number of hydrogen-bond donors (Lipinski definition) is 2. The Kier molecular flexibility index (Phi) is 2.98. The summed E-state index contributed by atoms with van der Waals surface area (Å²) in [4.78, 5) is 26.5.